The molecule has 0 aliphatic carbocycles. The van der Waals surface area contributed by atoms with Crippen LogP contribution in [0.4, 0.5) is 0 Å². The van der Waals surface area contributed by atoms with Crippen molar-refractivity contribution in [2.24, 2.45) is 5.41 Å². The van der Waals surface area contributed by atoms with Gasteiger partial charge in [-0.15, -0.1) is 11.3 Å². The van der Waals surface area contributed by atoms with Crippen LogP contribution in [-0.4, -0.2) is 24.3 Å². The molecule has 5 heteroatoms. The Balaban J connectivity index is 2.20. The van der Waals surface area contributed by atoms with Crippen LogP contribution in [0.25, 0.3) is 0 Å². The normalized spacial score (nSPS) is 19.6. The second-order valence-corrected chi connectivity index (χ2v) is 5.92. The summed E-state index contributed by atoms with van der Waals surface area (Å²) in [6.07, 6.45) is 1.81. The summed E-state index contributed by atoms with van der Waals surface area (Å²) in [4.78, 5) is 12.6. The molecule has 1 N–H and O–H groups in total. The highest BCUT2D eigenvalue weighted by Gasteiger charge is 2.40. The maximum atomic E-state index is 11.4. The molecule has 88 valence electrons. The molecule has 0 saturated carbocycles. The summed E-state index contributed by atoms with van der Waals surface area (Å²) in [7, 11) is 0. The summed E-state index contributed by atoms with van der Waals surface area (Å²) in [6.45, 7) is 1.10. The minimum absolute atomic E-state index is 0.551. The fourth-order valence-corrected chi connectivity index (χ4v) is 3.62. The van der Waals surface area contributed by atoms with Gasteiger partial charge in [0, 0.05) is 22.6 Å². The molecule has 1 aromatic rings. The average molecular weight is 305 g/mol. The summed E-state index contributed by atoms with van der Waals surface area (Å²) in [5.74, 6) is -0.698. The standard InChI is InChI=1S/C11H13BrO3S/c12-8-1-6-16-9(8)7-11(10(13)14)2-4-15-5-3-11/h1,6H,2-5,7H2,(H,13,14). The number of thiophene rings is 1. The molecule has 16 heavy (non-hydrogen) atoms. The molecule has 1 aromatic heterocycles. The van der Waals surface area contributed by atoms with Crippen LogP contribution in [0, 0.1) is 5.41 Å². The highest BCUT2D eigenvalue weighted by atomic mass is 79.9. The van der Waals surface area contributed by atoms with Crippen LogP contribution in [0.3, 0.4) is 0 Å². The fourth-order valence-electron chi connectivity index (χ4n) is 1.99. The topological polar surface area (TPSA) is 46.5 Å². The Labute approximate surface area is 107 Å². The van der Waals surface area contributed by atoms with Gasteiger partial charge in [-0.3, -0.25) is 4.79 Å². The lowest BCUT2D eigenvalue weighted by atomic mass is 9.77. The number of ether oxygens (including phenoxy) is 1. The summed E-state index contributed by atoms with van der Waals surface area (Å²) in [6, 6.07) is 1.97. The van der Waals surface area contributed by atoms with Crippen LogP contribution < -0.4 is 0 Å². The van der Waals surface area contributed by atoms with Crippen molar-refractivity contribution in [3.8, 4) is 0 Å². The molecule has 2 heterocycles. The number of halogens is 1. The van der Waals surface area contributed by atoms with Gasteiger partial charge in [-0.1, -0.05) is 0 Å². The molecule has 0 atom stereocenters. The molecule has 0 spiro atoms. The highest BCUT2D eigenvalue weighted by molar-refractivity contribution is 9.10. The average Bonchev–Trinajstić information content (AvgIpc) is 2.65. The van der Waals surface area contributed by atoms with Gasteiger partial charge >= 0.3 is 5.97 Å². The predicted molar refractivity (Wildman–Crippen MR) is 65.8 cm³/mol. The van der Waals surface area contributed by atoms with E-state index in [0.717, 1.165) is 9.35 Å². The van der Waals surface area contributed by atoms with Crippen LogP contribution >= 0.6 is 27.3 Å². The Bertz CT molecular complexity index is 382. The predicted octanol–water partition coefficient (Wildman–Crippen LogP) is 2.93. The first-order valence-corrected chi connectivity index (χ1v) is 6.84. The lowest BCUT2D eigenvalue weighted by Crippen LogP contribution is -2.39. The fraction of sp³-hybridized carbons (Fsp3) is 0.545. The molecule has 2 rings (SSSR count). The first kappa shape index (κ1) is 12.1. The number of hydrogen-bond donors (Lipinski definition) is 1. The minimum Gasteiger partial charge on any atom is -0.481 e. The molecule has 0 radical (unpaired) electrons. The highest BCUT2D eigenvalue weighted by Crippen LogP contribution is 2.38. The zero-order chi connectivity index (χ0) is 11.6. The van der Waals surface area contributed by atoms with Crippen molar-refractivity contribution in [3.63, 3.8) is 0 Å². The number of carboxylic acids is 1. The van der Waals surface area contributed by atoms with E-state index >= 15 is 0 Å². The van der Waals surface area contributed by atoms with E-state index in [9.17, 15) is 9.90 Å². The lowest BCUT2D eigenvalue weighted by Gasteiger charge is -2.32. The smallest absolute Gasteiger partial charge is 0.310 e. The second kappa shape index (κ2) is 4.85. The monoisotopic (exact) mass is 304 g/mol. The Hall–Kier alpha value is -0.390. The molecule has 0 bridgehead atoms. The van der Waals surface area contributed by atoms with E-state index in [0.29, 0.717) is 32.5 Å². The van der Waals surface area contributed by atoms with Crippen LogP contribution in [0.2, 0.25) is 0 Å². The Morgan fingerprint density at radius 3 is 2.75 bits per heavy atom. The lowest BCUT2D eigenvalue weighted by molar-refractivity contribution is -0.154. The summed E-state index contributed by atoms with van der Waals surface area (Å²) < 4.78 is 6.27. The van der Waals surface area contributed by atoms with E-state index in [2.05, 4.69) is 15.9 Å². The molecular formula is C11H13BrO3S. The Morgan fingerprint density at radius 2 is 2.25 bits per heavy atom. The number of carboxylic acid groups (broad SMARTS) is 1. The maximum absolute atomic E-state index is 11.4. The van der Waals surface area contributed by atoms with Gasteiger partial charge in [0.05, 0.1) is 5.41 Å². The maximum Gasteiger partial charge on any atom is 0.310 e. The molecule has 0 unspecified atom stereocenters. The first-order chi connectivity index (χ1) is 7.64. The Morgan fingerprint density at radius 1 is 1.56 bits per heavy atom. The van der Waals surface area contributed by atoms with Gasteiger partial charge in [0.2, 0.25) is 0 Å². The quantitative estimate of drug-likeness (QED) is 0.934. The first-order valence-electron chi connectivity index (χ1n) is 5.17. The van der Waals surface area contributed by atoms with Gasteiger partial charge in [0.1, 0.15) is 0 Å². The molecule has 0 aromatic carbocycles. The molecular weight excluding hydrogens is 292 g/mol. The summed E-state index contributed by atoms with van der Waals surface area (Å²) in [5.41, 5.74) is -0.633. The second-order valence-electron chi connectivity index (χ2n) is 4.07. The molecule has 1 aliphatic rings. The van der Waals surface area contributed by atoms with E-state index in [-0.39, 0.29) is 0 Å². The third kappa shape index (κ3) is 2.31. The van der Waals surface area contributed by atoms with E-state index in [1.165, 1.54) is 0 Å². The zero-order valence-electron chi connectivity index (χ0n) is 8.74. The van der Waals surface area contributed by atoms with Gasteiger partial charge < -0.3 is 9.84 Å². The number of rotatable bonds is 3. The van der Waals surface area contributed by atoms with Crippen molar-refractivity contribution < 1.29 is 14.6 Å². The molecule has 1 fully saturated rings. The summed E-state index contributed by atoms with van der Waals surface area (Å²) >= 11 is 5.06. The largest absolute Gasteiger partial charge is 0.481 e. The van der Waals surface area contributed by atoms with Crippen LogP contribution in [0.15, 0.2) is 15.9 Å². The third-order valence-corrected chi connectivity index (χ3v) is 5.02. The van der Waals surface area contributed by atoms with Gasteiger partial charge in [0.25, 0.3) is 0 Å². The van der Waals surface area contributed by atoms with E-state index in [4.69, 9.17) is 4.74 Å². The van der Waals surface area contributed by atoms with E-state index in [1.807, 2.05) is 11.4 Å². The zero-order valence-corrected chi connectivity index (χ0v) is 11.1. The molecule has 3 nitrogen and oxygen atoms in total. The van der Waals surface area contributed by atoms with Crippen LogP contribution in [0.1, 0.15) is 17.7 Å². The number of aliphatic carboxylic acids is 1. The number of carbonyl (C=O) groups is 1. The van der Waals surface area contributed by atoms with E-state index < -0.39 is 11.4 Å². The van der Waals surface area contributed by atoms with Gasteiger partial charge in [-0.2, -0.15) is 0 Å². The molecule has 1 saturated heterocycles. The molecule has 1 aliphatic heterocycles. The van der Waals surface area contributed by atoms with Crippen molar-refractivity contribution in [1.29, 1.82) is 0 Å². The van der Waals surface area contributed by atoms with Crippen molar-refractivity contribution in [2.75, 3.05) is 13.2 Å². The van der Waals surface area contributed by atoms with Crippen molar-refractivity contribution >= 4 is 33.2 Å². The van der Waals surface area contributed by atoms with Crippen molar-refractivity contribution in [3.05, 3.63) is 20.8 Å². The number of hydrogen-bond acceptors (Lipinski definition) is 3. The van der Waals surface area contributed by atoms with Crippen molar-refractivity contribution in [2.45, 2.75) is 19.3 Å². The van der Waals surface area contributed by atoms with Gasteiger partial charge in [-0.25, -0.2) is 0 Å². The van der Waals surface area contributed by atoms with Crippen LogP contribution in [-0.2, 0) is 16.0 Å². The van der Waals surface area contributed by atoms with Crippen LogP contribution in [0.5, 0.6) is 0 Å². The van der Waals surface area contributed by atoms with Gasteiger partial charge in [0.15, 0.2) is 0 Å². The van der Waals surface area contributed by atoms with Gasteiger partial charge in [-0.05, 0) is 46.6 Å². The third-order valence-electron chi connectivity index (χ3n) is 3.09. The summed E-state index contributed by atoms with van der Waals surface area (Å²) in [5, 5.41) is 11.4. The SMILES string of the molecule is O=C(O)C1(Cc2sccc2Br)CCOCC1. The molecule has 0 amide bonds. The minimum atomic E-state index is -0.698. The Kier molecular flexibility index (Phi) is 3.66. The van der Waals surface area contributed by atoms with E-state index in [1.54, 1.807) is 11.3 Å². The van der Waals surface area contributed by atoms with Crippen molar-refractivity contribution in [1.82, 2.24) is 0 Å².